The van der Waals surface area contributed by atoms with E-state index in [1.165, 1.54) is 28.8 Å². The quantitative estimate of drug-likeness (QED) is 0.765. The van der Waals surface area contributed by atoms with Gasteiger partial charge in [0.05, 0.1) is 6.10 Å². The van der Waals surface area contributed by atoms with Crippen LogP contribution in [0.5, 0.6) is 0 Å². The molecule has 0 heterocycles. The van der Waals surface area contributed by atoms with Gasteiger partial charge in [-0.2, -0.15) is 0 Å². The van der Waals surface area contributed by atoms with E-state index in [2.05, 4.69) is 43.9 Å². The second-order valence-corrected chi connectivity index (χ2v) is 6.67. The first-order valence-electron chi connectivity index (χ1n) is 8.69. The number of benzene rings is 2. The van der Waals surface area contributed by atoms with Crippen molar-refractivity contribution in [1.82, 2.24) is 4.90 Å². The summed E-state index contributed by atoms with van der Waals surface area (Å²) in [5.41, 5.74) is 4.85. The van der Waals surface area contributed by atoms with Crippen LogP contribution in [0, 0.1) is 19.7 Å². The van der Waals surface area contributed by atoms with E-state index >= 15 is 0 Å². The van der Waals surface area contributed by atoms with E-state index in [0.717, 1.165) is 24.9 Å². The van der Waals surface area contributed by atoms with Gasteiger partial charge in [0.2, 0.25) is 0 Å². The predicted octanol–water partition coefficient (Wildman–Crippen LogP) is 4.61. The lowest BCUT2D eigenvalue weighted by Gasteiger charge is -2.26. The average Bonchev–Trinajstić information content (AvgIpc) is 2.52. The van der Waals surface area contributed by atoms with E-state index < -0.39 is 0 Å². The first-order chi connectivity index (χ1) is 11.5. The number of hydrogen-bond acceptors (Lipinski definition) is 2. The summed E-state index contributed by atoms with van der Waals surface area (Å²) in [5.74, 6) is -0.217. The van der Waals surface area contributed by atoms with Gasteiger partial charge in [0.15, 0.2) is 0 Å². The minimum Gasteiger partial charge on any atom is -0.392 e. The van der Waals surface area contributed by atoms with Crippen LogP contribution in [0.25, 0.3) is 0 Å². The molecule has 3 heteroatoms. The van der Waals surface area contributed by atoms with Gasteiger partial charge in [0.1, 0.15) is 5.82 Å². The second-order valence-electron chi connectivity index (χ2n) is 6.67. The van der Waals surface area contributed by atoms with Crippen molar-refractivity contribution in [1.29, 1.82) is 0 Å². The van der Waals surface area contributed by atoms with Crippen LogP contribution in [0.1, 0.15) is 42.0 Å². The van der Waals surface area contributed by atoms with Crippen LogP contribution < -0.4 is 0 Å². The van der Waals surface area contributed by atoms with Gasteiger partial charge in [-0.1, -0.05) is 49.2 Å². The van der Waals surface area contributed by atoms with Crippen LogP contribution in [0.2, 0.25) is 0 Å². The Morgan fingerprint density at radius 1 is 1.04 bits per heavy atom. The highest BCUT2D eigenvalue weighted by Crippen LogP contribution is 2.16. The zero-order chi connectivity index (χ0) is 17.5. The molecule has 0 spiro atoms. The van der Waals surface area contributed by atoms with Crippen molar-refractivity contribution in [2.45, 2.75) is 52.8 Å². The summed E-state index contributed by atoms with van der Waals surface area (Å²) in [7, 11) is 0. The lowest BCUT2D eigenvalue weighted by atomic mass is 10.0. The molecule has 0 saturated carbocycles. The molecule has 0 saturated heterocycles. The van der Waals surface area contributed by atoms with Crippen LogP contribution in [-0.2, 0) is 13.1 Å². The summed E-state index contributed by atoms with van der Waals surface area (Å²) in [6.07, 6.45) is 1.43. The van der Waals surface area contributed by atoms with E-state index in [1.807, 2.05) is 12.1 Å². The molecule has 0 unspecified atom stereocenters. The van der Waals surface area contributed by atoms with Gasteiger partial charge in [-0.15, -0.1) is 0 Å². The lowest BCUT2D eigenvalue weighted by Crippen LogP contribution is -2.32. The molecule has 1 atom stereocenters. The van der Waals surface area contributed by atoms with Crippen molar-refractivity contribution in [3.8, 4) is 0 Å². The predicted molar refractivity (Wildman–Crippen MR) is 97.3 cm³/mol. The van der Waals surface area contributed by atoms with Crippen LogP contribution in [0.15, 0.2) is 42.5 Å². The fourth-order valence-electron chi connectivity index (χ4n) is 3.02. The molecule has 130 valence electrons. The standard InChI is InChI=1S/C21H28FNO/c1-4-5-21(24)15-23(13-18-7-10-20(22)11-8-18)14-19-9-6-16(2)12-17(19)3/h6-12,21,24H,4-5,13-15H2,1-3H3/t21-/m1/s1. The molecule has 0 bridgehead atoms. The Balaban J connectivity index is 2.13. The fourth-order valence-corrected chi connectivity index (χ4v) is 3.02. The highest BCUT2D eigenvalue weighted by molar-refractivity contribution is 5.30. The van der Waals surface area contributed by atoms with Crippen LogP contribution in [0.3, 0.4) is 0 Å². The van der Waals surface area contributed by atoms with Gasteiger partial charge in [0.25, 0.3) is 0 Å². The Hall–Kier alpha value is -1.71. The SMILES string of the molecule is CCC[C@@H](O)CN(Cc1ccc(F)cc1)Cc1ccc(C)cc1C. The minimum atomic E-state index is -0.332. The Morgan fingerprint density at radius 3 is 2.38 bits per heavy atom. The summed E-state index contributed by atoms with van der Waals surface area (Å²) < 4.78 is 13.1. The van der Waals surface area contributed by atoms with Crippen molar-refractivity contribution < 1.29 is 9.50 Å². The highest BCUT2D eigenvalue weighted by Gasteiger charge is 2.14. The summed E-state index contributed by atoms with van der Waals surface area (Å²) >= 11 is 0. The van der Waals surface area contributed by atoms with Gasteiger partial charge < -0.3 is 5.11 Å². The molecule has 2 rings (SSSR count). The lowest BCUT2D eigenvalue weighted by molar-refractivity contribution is 0.0969. The van der Waals surface area contributed by atoms with Crippen LogP contribution >= 0.6 is 0 Å². The van der Waals surface area contributed by atoms with Crippen LogP contribution in [-0.4, -0.2) is 22.7 Å². The van der Waals surface area contributed by atoms with Gasteiger partial charge in [-0.3, -0.25) is 4.90 Å². The van der Waals surface area contributed by atoms with E-state index in [0.29, 0.717) is 13.1 Å². The Kier molecular flexibility index (Phi) is 6.95. The maximum Gasteiger partial charge on any atom is 0.123 e. The van der Waals surface area contributed by atoms with Gasteiger partial charge in [-0.05, 0) is 49.1 Å². The third-order valence-corrected chi connectivity index (χ3v) is 4.30. The molecule has 0 aromatic heterocycles. The first kappa shape index (κ1) is 18.6. The maximum atomic E-state index is 13.1. The van der Waals surface area contributed by atoms with Crippen molar-refractivity contribution in [3.63, 3.8) is 0 Å². The highest BCUT2D eigenvalue weighted by atomic mass is 19.1. The zero-order valence-corrected chi connectivity index (χ0v) is 14.9. The van der Waals surface area contributed by atoms with Crippen molar-refractivity contribution in [2.24, 2.45) is 0 Å². The topological polar surface area (TPSA) is 23.5 Å². The van der Waals surface area contributed by atoms with Crippen molar-refractivity contribution >= 4 is 0 Å². The Labute approximate surface area is 144 Å². The second kappa shape index (κ2) is 8.95. The molecule has 0 aliphatic carbocycles. The van der Waals surface area contributed by atoms with E-state index in [1.54, 1.807) is 0 Å². The summed E-state index contributed by atoms with van der Waals surface area (Å²) in [5, 5.41) is 10.2. The normalized spacial score (nSPS) is 12.6. The molecule has 0 radical (unpaired) electrons. The fraction of sp³-hybridized carbons (Fsp3) is 0.429. The smallest absolute Gasteiger partial charge is 0.123 e. The van der Waals surface area contributed by atoms with Crippen molar-refractivity contribution in [2.75, 3.05) is 6.54 Å². The molecular weight excluding hydrogens is 301 g/mol. The third-order valence-electron chi connectivity index (χ3n) is 4.30. The monoisotopic (exact) mass is 329 g/mol. The Morgan fingerprint density at radius 2 is 1.75 bits per heavy atom. The summed E-state index contributed by atoms with van der Waals surface area (Å²) in [4.78, 5) is 2.24. The summed E-state index contributed by atoms with van der Waals surface area (Å²) in [6, 6.07) is 13.1. The van der Waals surface area contributed by atoms with Gasteiger partial charge >= 0.3 is 0 Å². The molecule has 24 heavy (non-hydrogen) atoms. The van der Waals surface area contributed by atoms with Gasteiger partial charge in [0, 0.05) is 19.6 Å². The molecule has 2 aromatic carbocycles. The number of aliphatic hydroxyl groups is 1. The number of halogens is 1. The van der Waals surface area contributed by atoms with Crippen molar-refractivity contribution in [3.05, 3.63) is 70.5 Å². The molecule has 0 amide bonds. The average molecular weight is 329 g/mol. The first-order valence-corrected chi connectivity index (χ1v) is 8.69. The van der Waals surface area contributed by atoms with E-state index in [9.17, 15) is 9.50 Å². The molecule has 0 fully saturated rings. The van der Waals surface area contributed by atoms with Gasteiger partial charge in [-0.25, -0.2) is 4.39 Å². The number of aliphatic hydroxyl groups excluding tert-OH is 1. The Bertz CT molecular complexity index is 639. The molecule has 0 aliphatic rings. The summed E-state index contributed by atoms with van der Waals surface area (Å²) in [6.45, 7) is 8.41. The number of aryl methyl sites for hydroxylation is 2. The number of rotatable bonds is 8. The maximum absolute atomic E-state index is 13.1. The minimum absolute atomic E-state index is 0.217. The molecule has 2 nitrogen and oxygen atoms in total. The number of hydrogen-bond donors (Lipinski definition) is 1. The largest absolute Gasteiger partial charge is 0.392 e. The molecule has 1 N–H and O–H groups in total. The van der Waals surface area contributed by atoms with E-state index in [4.69, 9.17) is 0 Å². The molecule has 0 aliphatic heterocycles. The number of nitrogens with zero attached hydrogens (tertiary/aromatic N) is 1. The molecule has 2 aromatic rings. The zero-order valence-electron chi connectivity index (χ0n) is 14.9. The third kappa shape index (κ3) is 5.73. The molecular formula is C21H28FNO. The van der Waals surface area contributed by atoms with Crippen LogP contribution in [0.4, 0.5) is 4.39 Å². The van der Waals surface area contributed by atoms with E-state index in [-0.39, 0.29) is 11.9 Å².